The van der Waals surface area contributed by atoms with Crippen molar-refractivity contribution in [1.29, 1.82) is 5.26 Å². The second-order valence-electron chi connectivity index (χ2n) is 4.69. The molecule has 2 saturated heterocycles. The maximum Gasteiger partial charge on any atom is 0.242 e. The van der Waals surface area contributed by atoms with E-state index in [1.807, 2.05) is 16.0 Å². The molecule has 0 saturated carbocycles. The molecule has 0 aromatic carbocycles. The molecule has 3 heterocycles. The SMILES string of the molecule is N#CNc1nc(N2CCOCC2)nc(N2CCOCC2)n1. The van der Waals surface area contributed by atoms with Crippen molar-refractivity contribution in [3.8, 4) is 6.19 Å². The largest absolute Gasteiger partial charge is 0.378 e. The van der Waals surface area contributed by atoms with Gasteiger partial charge in [0.2, 0.25) is 17.8 Å². The molecule has 0 aliphatic carbocycles. The van der Waals surface area contributed by atoms with Crippen LogP contribution >= 0.6 is 0 Å². The molecule has 2 fully saturated rings. The van der Waals surface area contributed by atoms with Crippen LogP contribution in [0.25, 0.3) is 0 Å². The van der Waals surface area contributed by atoms with E-state index in [0.717, 1.165) is 26.2 Å². The number of ether oxygens (including phenoxy) is 2. The van der Waals surface area contributed by atoms with Crippen LogP contribution in [0.4, 0.5) is 17.8 Å². The molecule has 0 atom stereocenters. The zero-order valence-electron chi connectivity index (χ0n) is 11.7. The minimum atomic E-state index is 0.274. The first-order valence-electron chi connectivity index (χ1n) is 6.93. The number of rotatable bonds is 3. The minimum absolute atomic E-state index is 0.274. The van der Waals surface area contributed by atoms with E-state index >= 15 is 0 Å². The average Bonchev–Trinajstić information content (AvgIpc) is 2.56. The normalized spacial score (nSPS) is 19.2. The summed E-state index contributed by atoms with van der Waals surface area (Å²) >= 11 is 0. The summed E-state index contributed by atoms with van der Waals surface area (Å²) in [5, 5.41) is 11.3. The Bertz CT molecular complexity index is 485. The molecule has 2 aliphatic heterocycles. The lowest BCUT2D eigenvalue weighted by Gasteiger charge is -2.30. The highest BCUT2D eigenvalue weighted by molar-refractivity contribution is 5.47. The Morgan fingerprint density at radius 2 is 1.33 bits per heavy atom. The molecule has 9 heteroatoms. The Hall–Kier alpha value is -2.18. The van der Waals surface area contributed by atoms with Gasteiger partial charge in [-0.2, -0.15) is 20.2 Å². The molecule has 9 nitrogen and oxygen atoms in total. The van der Waals surface area contributed by atoms with Crippen LogP contribution in [0.15, 0.2) is 0 Å². The summed E-state index contributed by atoms with van der Waals surface area (Å²) in [7, 11) is 0. The third-order valence-corrected chi connectivity index (χ3v) is 3.37. The van der Waals surface area contributed by atoms with Gasteiger partial charge in [0.25, 0.3) is 0 Å². The van der Waals surface area contributed by atoms with Gasteiger partial charge in [0.15, 0.2) is 6.19 Å². The number of hydrogen-bond acceptors (Lipinski definition) is 9. The molecule has 21 heavy (non-hydrogen) atoms. The zero-order chi connectivity index (χ0) is 14.5. The van der Waals surface area contributed by atoms with Crippen molar-refractivity contribution in [3.05, 3.63) is 0 Å². The molecule has 1 aromatic rings. The predicted molar refractivity (Wildman–Crippen MR) is 75.1 cm³/mol. The van der Waals surface area contributed by atoms with E-state index < -0.39 is 0 Å². The Balaban J connectivity index is 1.87. The maximum atomic E-state index is 8.79. The van der Waals surface area contributed by atoms with Crippen molar-refractivity contribution in [1.82, 2.24) is 15.0 Å². The van der Waals surface area contributed by atoms with Crippen LogP contribution in [0.2, 0.25) is 0 Å². The summed E-state index contributed by atoms with van der Waals surface area (Å²) in [5.74, 6) is 1.43. The lowest BCUT2D eigenvalue weighted by molar-refractivity contribution is 0.121. The smallest absolute Gasteiger partial charge is 0.242 e. The van der Waals surface area contributed by atoms with E-state index in [2.05, 4.69) is 20.3 Å². The highest BCUT2D eigenvalue weighted by atomic mass is 16.5. The summed E-state index contributed by atoms with van der Waals surface area (Å²) < 4.78 is 10.7. The third-order valence-electron chi connectivity index (χ3n) is 3.37. The number of nitrogens with zero attached hydrogens (tertiary/aromatic N) is 6. The first-order chi connectivity index (χ1) is 10.4. The highest BCUT2D eigenvalue weighted by Gasteiger charge is 2.20. The number of hydrogen-bond donors (Lipinski definition) is 1. The molecule has 112 valence electrons. The molecule has 3 rings (SSSR count). The number of aromatic nitrogens is 3. The van der Waals surface area contributed by atoms with Crippen molar-refractivity contribution in [3.63, 3.8) is 0 Å². The number of morpholine rings is 2. The number of nitriles is 1. The van der Waals surface area contributed by atoms with Gasteiger partial charge < -0.3 is 19.3 Å². The lowest BCUT2D eigenvalue weighted by atomic mass is 10.4. The van der Waals surface area contributed by atoms with Gasteiger partial charge in [0.1, 0.15) is 0 Å². The van der Waals surface area contributed by atoms with Crippen LogP contribution in [0.3, 0.4) is 0 Å². The standard InChI is InChI=1S/C12H17N7O2/c13-9-14-10-15-11(18-1-5-20-6-2-18)17-12(16-10)19-3-7-21-8-4-19/h1-8H2,(H,14,15,16,17). The van der Waals surface area contributed by atoms with Crippen LogP contribution in [-0.4, -0.2) is 67.6 Å². The van der Waals surface area contributed by atoms with Crippen molar-refractivity contribution < 1.29 is 9.47 Å². The maximum absolute atomic E-state index is 8.79. The fraction of sp³-hybridized carbons (Fsp3) is 0.667. The van der Waals surface area contributed by atoms with Crippen LogP contribution in [0.5, 0.6) is 0 Å². The van der Waals surface area contributed by atoms with E-state index in [0.29, 0.717) is 38.3 Å². The summed E-state index contributed by atoms with van der Waals surface area (Å²) in [6, 6.07) is 0. The first kappa shape index (κ1) is 13.8. The molecule has 2 aliphatic rings. The molecule has 0 unspecified atom stereocenters. The third kappa shape index (κ3) is 3.29. The molecule has 0 bridgehead atoms. The average molecular weight is 291 g/mol. The van der Waals surface area contributed by atoms with Gasteiger partial charge in [-0.25, -0.2) is 0 Å². The molecule has 0 radical (unpaired) electrons. The predicted octanol–water partition coefficient (Wildman–Crippen LogP) is -0.562. The van der Waals surface area contributed by atoms with E-state index in [4.69, 9.17) is 14.7 Å². The summed E-state index contributed by atoms with van der Waals surface area (Å²) in [5.41, 5.74) is 0. The van der Waals surface area contributed by atoms with E-state index in [1.165, 1.54) is 0 Å². The molecule has 1 aromatic heterocycles. The van der Waals surface area contributed by atoms with Gasteiger partial charge in [-0.1, -0.05) is 0 Å². The Kier molecular flexibility index (Phi) is 4.28. The molecular formula is C12H17N7O2. The second kappa shape index (κ2) is 6.51. The van der Waals surface area contributed by atoms with Crippen LogP contribution in [0.1, 0.15) is 0 Å². The molecular weight excluding hydrogens is 274 g/mol. The van der Waals surface area contributed by atoms with Gasteiger partial charge in [0.05, 0.1) is 26.4 Å². The summed E-state index contributed by atoms with van der Waals surface area (Å²) in [6.45, 7) is 5.55. The van der Waals surface area contributed by atoms with Gasteiger partial charge in [-0.15, -0.1) is 0 Å². The van der Waals surface area contributed by atoms with Gasteiger partial charge in [-0.3, -0.25) is 5.32 Å². The van der Waals surface area contributed by atoms with Crippen molar-refractivity contribution in [2.45, 2.75) is 0 Å². The quantitative estimate of drug-likeness (QED) is 0.580. The highest BCUT2D eigenvalue weighted by Crippen LogP contribution is 2.18. The summed E-state index contributed by atoms with van der Waals surface area (Å²) in [4.78, 5) is 17.2. The Morgan fingerprint density at radius 3 is 1.76 bits per heavy atom. The molecule has 1 N–H and O–H groups in total. The molecule has 0 spiro atoms. The summed E-state index contributed by atoms with van der Waals surface area (Å²) in [6.07, 6.45) is 1.86. The number of anilines is 3. The molecule has 0 amide bonds. The van der Waals surface area contributed by atoms with Gasteiger partial charge in [-0.05, 0) is 0 Å². The van der Waals surface area contributed by atoms with Crippen molar-refractivity contribution in [2.75, 3.05) is 67.7 Å². The zero-order valence-corrected chi connectivity index (χ0v) is 11.7. The second-order valence-corrected chi connectivity index (χ2v) is 4.69. The van der Waals surface area contributed by atoms with Crippen LogP contribution in [-0.2, 0) is 9.47 Å². The van der Waals surface area contributed by atoms with Gasteiger partial charge in [0, 0.05) is 26.2 Å². The first-order valence-corrected chi connectivity index (χ1v) is 6.93. The fourth-order valence-electron chi connectivity index (χ4n) is 2.27. The lowest BCUT2D eigenvalue weighted by Crippen LogP contribution is -2.40. The topological polar surface area (TPSA) is 99.4 Å². The van der Waals surface area contributed by atoms with Gasteiger partial charge >= 0.3 is 0 Å². The van der Waals surface area contributed by atoms with Crippen LogP contribution < -0.4 is 15.1 Å². The van der Waals surface area contributed by atoms with Crippen molar-refractivity contribution >= 4 is 17.8 Å². The van der Waals surface area contributed by atoms with E-state index in [-0.39, 0.29) is 5.95 Å². The Labute approximate surface area is 122 Å². The van der Waals surface area contributed by atoms with Crippen LogP contribution in [0, 0.1) is 11.5 Å². The Morgan fingerprint density at radius 1 is 0.857 bits per heavy atom. The van der Waals surface area contributed by atoms with E-state index in [1.54, 1.807) is 0 Å². The van der Waals surface area contributed by atoms with E-state index in [9.17, 15) is 0 Å². The van der Waals surface area contributed by atoms with Crippen molar-refractivity contribution in [2.24, 2.45) is 0 Å². The minimum Gasteiger partial charge on any atom is -0.378 e. The monoisotopic (exact) mass is 291 g/mol. The number of nitrogens with one attached hydrogen (secondary N) is 1. The fourth-order valence-corrected chi connectivity index (χ4v) is 2.27.